The summed E-state index contributed by atoms with van der Waals surface area (Å²) in [4.78, 5) is 24.4. The molecule has 1 saturated heterocycles. The van der Waals surface area contributed by atoms with E-state index in [1.54, 1.807) is 12.1 Å². The standard InChI is InChI=1S/C16H22N2O3/c1-4-16(8-5-9-17-16)15(20)18-13-7-6-11(2)10-12(13)14(19)21-3/h6-7,10,17H,4-5,8-9H2,1-3H3,(H,18,20). The molecule has 0 aliphatic carbocycles. The van der Waals surface area contributed by atoms with Gasteiger partial charge >= 0.3 is 5.97 Å². The van der Waals surface area contributed by atoms with E-state index in [0.29, 0.717) is 11.3 Å². The van der Waals surface area contributed by atoms with Crippen molar-refractivity contribution in [1.82, 2.24) is 5.32 Å². The Morgan fingerprint density at radius 1 is 1.43 bits per heavy atom. The Balaban J connectivity index is 2.27. The van der Waals surface area contributed by atoms with Crippen LogP contribution in [0, 0.1) is 6.92 Å². The van der Waals surface area contributed by atoms with E-state index in [9.17, 15) is 9.59 Å². The van der Waals surface area contributed by atoms with Crippen molar-refractivity contribution in [2.75, 3.05) is 19.0 Å². The zero-order valence-electron chi connectivity index (χ0n) is 12.8. The Kier molecular flexibility index (Phi) is 4.63. The first-order valence-electron chi connectivity index (χ1n) is 7.28. The van der Waals surface area contributed by atoms with Crippen LogP contribution in [0.15, 0.2) is 18.2 Å². The first kappa shape index (κ1) is 15.5. The second-order valence-electron chi connectivity index (χ2n) is 5.46. The summed E-state index contributed by atoms with van der Waals surface area (Å²) >= 11 is 0. The van der Waals surface area contributed by atoms with Gasteiger partial charge in [0.05, 0.1) is 23.9 Å². The van der Waals surface area contributed by atoms with Gasteiger partial charge in [0.2, 0.25) is 5.91 Å². The normalized spacial score (nSPS) is 21.1. The second-order valence-corrected chi connectivity index (χ2v) is 5.46. The zero-order chi connectivity index (χ0) is 15.5. The average Bonchev–Trinajstić information content (AvgIpc) is 2.98. The van der Waals surface area contributed by atoms with Crippen LogP contribution in [0.5, 0.6) is 0 Å². The maximum absolute atomic E-state index is 12.6. The number of anilines is 1. The minimum Gasteiger partial charge on any atom is -0.465 e. The van der Waals surface area contributed by atoms with E-state index in [1.165, 1.54) is 7.11 Å². The van der Waals surface area contributed by atoms with Gasteiger partial charge in [-0.25, -0.2) is 4.79 Å². The first-order valence-corrected chi connectivity index (χ1v) is 7.28. The number of rotatable bonds is 4. The molecule has 114 valence electrons. The number of benzene rings is 1. The number of methoxy groups -OCH3 is 1. The van der Waals surface area contributed by atoms with Crippen molar-refractivity contribution in [2.24, 2.45) is 0 Å². The lowest BCUT2D eigenvalue weighted by Crippen LogP contribution is -2.50. The van der Waals surface area contributed by atoms with E-state index >= 15 is 0 Å². The van der Waals surface area contributed by atoms with Gasteiger partial charge < -0.3 is 15.4 Å². The van der Waals surface area contributed by atoms with Gasteiger partial charge in [0, 0.05) is 0 Å². The summed E-state index contributed by atoms with van der Waals surface area (Å²) in [5.41, 5.74) is 1.30. The van der Waals surface area contributed by atoms with Crippen LogP contribution in [-0.4, -0.2) is 31.1 Å². The quantitative estimate of drug-likeness (QED) is 0.835. The third kappa shape index (κ3) is 3.08. The lowest BCUT2D eigenvalue weighted by Gasteiger charge is -2.27. The van der Waals surface area contributed by atoms with Crippen molar-refractivity contribution < 1.29 is 14.3 Å². The molecule has 1 aromatic carbocycles. The molecule has 21 heavy (non-hydrogen) atoms. The molecule has 2 N–H and O–H groups in total. The fraction of sp³-hybridized carbons (Fsp3) is 0.500. The molecule has 0 bridgehead atoms. The highest BCUT2D eigenvalue weighted by atomic mass is 16.5. The summed E-state index contributed by atoms with van der Waals surface area (Å²) in [5, 5.41) is 6.17. The van der Waals surface area contributed by atoms with Crippen molar-refractivity contribution in [1.29, 1.82) is 0 Å². The fourth-order valence-electron chi connectivity index (χ4n) is 2.75. The minimum absolute atomic E-state index is 0.0866. The molecule has 2 rings (SSSR count). The maximum Gasteiger partial charge on any atom is 0.339 e. The van der Waals surface area contributed by atoms with Crippen LogP contribution in [0.4, 0.5) is 5.69 Å². The van der Waals surface area contributed by atoms with Crippen LogP contribution in [0.25, 0.3) is 0 Å². The molecule has 1 amide bonds. The number of nitrogens with one attached hydrogen (secondary N) is 2. The molecule has 5 nitrogen and oxygen atoms in total. The molecule has 1 aliphatic rings. The third-order valence-electron chi connectivity index (χ3n) is 4.11. The summed E-state index contributed by atoms with van der Waals surface area (Å²) in [7, 11) is 1.34. The van der Waals surface area contributed by atoms with Gasteiger partial charge in [-0.1, -0.05) is 18.6 Å². The summed E-state index contributed by atoms with van der Waals surface area (Å²) in [6.45, 7) is 4.73. The van der Waals surface area contributed by atoms with Crippen molar-refractivity contribution in [2.45, 2.75) is 38.6 Å². The van der Waals surface area contributed by atoms with Gasteiger partial charge in [-0.05, 0) is 44.9 Å². The van der Waals surface area contributed by atoms with Crippen molar-refractivity contribution in [3.8, 4) is 0 Å². The van der Waals surface area contributed by atoms with Crippen LogP contribution >= 0.6 is 0 Å². The Hall–Kier alpha value is -1.88. The number of esters is 1. The molecule has 1 atom stereocenters. The molecule has 0 spiro atoms. The van der Waals surface area contributed by atoms with Crippen molar-refractivity contribution in [3.05, 3.63) is 29.3 Å². The highest BCUT2D eigenvalue weighted by Crippen LogP contribution is 2.26. The molecule has 0 saturated carbocycles. The first-order chi connectivity index (χ1) is 10.0. The van der Waals surface area contributed by atoms with E-state index in [-0.39, 0.29) is 5.91 Å². The van der Waals surface area contributed by atoms with Gasteiger partial charge in [0.15, 0.2) is 0 Å². The smallest absolute Gasteiger partial charge is 0.339 e. The highest BCUT2D eigenvalue weighted by molar-refractivity contribution is 6.04. The number of carbonyl (C=O) groups is 2. The van der Waals surface area contributed by atoms with Gasteiger partial charge in [0.25, 0.3) is 0 Å². The number of hydrogen-bond donors (Lipinski definition) is 2. The molecule has 1 heterocycles. The number of amides is 1. The predicted octanol–water partition coefficient (Wildman–Crippen LogP) is 2.25. The number of ether oxygens (including phenoxy) is 1. The Bertz CT molecular complexity index is 548. The lowest BCUT2D eigenvalue weighted by atomic mass is 9.93. The zero-order valence-corrected chi connectivity index (χ0v) is 12.8. The monoisotopic (exact) mass is 290 g/mol. The molecular formula is C16H22N2O3. The molecule has 1 aliphatic heterocycles. The van der Waals surface area contributed by atoms with Gasteiger partial charge in [-0.2, -0.15) is 0 Å². The Morgan fingerprint density at radius 3 is 2.76 bits per heavy atom. The largest absolute Gasteiger partial charge is 0.465 e. The molecule has 5 heteroatoms. The molecule has 0 radical (unpaired) electrons. The average molecular weight is 290 g/mol. The third-order valence-corrected chi connectivity index (χ3v) is 4.11. The van der Waals surface area contributed by atoms with Crippen LogP contribution in [0.1, 0.15) is 42.1 Å². The van der Waals surface area contributed by atoms with Gasteiger partial charge in [-0.15, -0.1) is 0 Å². The van der Waals surface area contributed by atoms with E-state index in [0.717, 1.165) is 31.4 Å². The van der Waals surface area contributed by atoms with E-state index in [1.807, 2.05) is 19.9 Å². The Morgan fingerprint density at radius 2 is 2.19 bits per heavy atom. The maximum atomic E-state index is 12.6. The van der Waals surface area contributed by atoms with Crippen molar-refractivity contribution >= 4 is 17.6 Å². The summed E-state index contributed by atoms with van der Waals surface area (Å²) in [5.74, 6) is -0.532. The minimum atomic E-state index is -0.529. The second kappa shape index (κ2) is 6.26. The molecule has 1 fully saturated rings. The summed E-state index contributed by atoms with van der Waals surface area (Å²) < 4.78 is 4.78. The summed E-state index contributed by atoms with van der Waals surface area (Å²) in [6.07, 6.45) is 2.52. The number of hydrogen-bond acceptors (Lipinski definition) is 4. The van der Waals surface area contributed by atoms with Crippen molar-refractivity contribution in [3.63, 3.8) is 0 Å². The van der Waals surface area contributed by atoms with E-state index in [4.69, 9.17) is 4.74 Å². The van der Waals surface area contributed by atoms with E-state index < -0.39 is 11.5 Å². The Labute approximate surface area is 125 Å². The topological polar surface area (TPSA) is 67.4 Å². The molecule has 0 aromatic heterocycles. The SMILES string of the molecule is CCC1(C(=O)Nc2ccc(C)cc2C(=O)OC)CCCN1. The molecular weight excluding hydrogens is 268 g/mol. The van der Waals surface area contributed by atoms with Crippen LogP contribution in [0.2, 0.25) is 0 Å². The lowest BCUT2D eigenvalue weighted by molar-refractivity contribution is -0.122. The summed E-state index contributed by atoms with van der Waals surface area (Å²) in [6, 6.07) is 5.34. The van der Waals surface area contributed by atoms with Crippen LogP contribution in [0.3, 0.4) is 0 Å². The van der Waals surface area contributed by atoms with Crippen LogP contribution in [-0.2, 0) is 9.53 Å². The molecule has 1 aromatic rings. The number of aryl methyl sites for hydroxylation is 1. The fourth-order valence-corrected chi connectivity index (χ4v) is 2.75. The molecule has 1 unspecified atom stereocenters. The number of carbonyl (C=O) groups excluding carboxylic acids is 2. The predicted molar refractivity (Wildman–Crippen MR) is 81.4 cm³/mol. The van der Waals surface area contributed by atoms with E-state index in [2.05, 4.69) is 10.6 Å². The van der Waals surface area contributed by atoms with Gasteiger partial charge in [-0.3, -0.25) is 4.79 Å². The van der Waals surface area contributed by atoms with Gasteiger partial charge in [0.1, 0.15) is 0 Å². The van der Waals surface area contributed by atoms with Crippen LogP contribution < -0.4 is 10.6 Å². The highest BCUT2D eigenvalue weighted by Gasteiger charge is 2.39.